The number of rotatable bonds is 0. The lowest BCUT2D eigenvalue weighted by Gasteiger charge is -2.04. The van der Waals surface area contributed by atoms with Crippen molar-refractivity contribution in [3.05, 3.63) is 34.2 Å². The summed E-state index contributed by atoms with van der Waals surface area (Å²) < 4.78 is 4.88. The second kappa shape index (κ2) is 2.88. The highest BCUT2D eigenvalue weighted by Crippen LogP contribution is 2.09. The molecule has 0 aliphatic carbocycles. The summed E-state index contributed by atoms with van der Waals surface area (Å²) in [6.45, 7) is 0.309. The van der Waals surface area contributed by atoms with Crippen molar-refractivity contribution in [1.29, 1.82) is 0 Å². The van der Waals surface area contributed by atoms with Gasteiger partial charge in [0.05, 0.1) is 5.95 Å². The summed E-state index contributed by atoms with van der Waals surface area (Å²) in [5, 5.41) is 26.8. The Bertz CT molecular complexity index is 589. The summed E-state index contributed by atoms with van der Waals surface area (Å²) in [6, 6.07) is 5.28. The second-order valence-corrected chi connectivity index (χ2v) is 3.15. The van der Waals surface area contributed by atoms with E-state index in [0.717, 1.165) is 10.8 Å². The molecule has 0 N–H and O–H groups in total. The molecule has 1 aromatic carbocycles. The molecule has 0 fully saturated rings. The van der Waals surface area contributed by atoms with E-state index in [1.54, 1.807) is 12.1 Å². The molecule has 2 heterocycles. The van der Waals surface area contributed by atoms with Crippen LogP contribution >= 0.6 is 0 Å². The van der Waals surface area contributed by atoms with Gasteiger partial charge in [-0.1, -0.05) is 12.1 Å². The van der Waals surface area contributed by atoms with E-state index in [1.165, 1.54) is 0 Å². The van der Waals surface area contributed by atoms with Gasteiger partial charge in [-0.3, -0.25) is 0 Å². The van der Waals surface area contributed by atoms with Crippen molar-refractivity contribution in [2.24, 2.45) is 20.7 Å². The smallest absolute Gasteiger partial charge is 0.207 e. The van der Waals surface area contributed by atoms with Gasteiger partial charge in [0.15, 0.2) is 0 Å². The molecule has 1 aromatic rings. The maximum atomic E-state index is 11.2. The van der Waals surface area contributed by atoms with Crippen molar-refractivity contribution in [1.82, 2.24) is 0 Å². The Morgan fingerprint density at radius 2 is 2.00 bits per heavy atom. The Hall–Kier alpha value is -2.24. The van der Waals surface area contributed by atoms with Crippen LogP contribution in [0.15, 0.2) is 38.9 Å². The molecule has 2 aliphatic rings. The van der Waals surface area contributed by atoms with Gasteiger partial charge in [-0.25, -0.2) is 0 Å². The summed E-state index contributed by atoms with van der Waals surface area (Å²) in [5.74, 6) is 0.174. The van der Waals surface area contributed by atoms with Gasteiger partial charge in [0, 0.05) is 17.0 Å². The van der Waals surface area contributed by atoms with Crippen LogP contribution in [0, 0.1) is 0 Å². The van der Waals surface area contributed by atoms with Gasteiger partial charge in [-0.15, -0.1) is 10.2 Å². The van der Waals surface area contributed by atoms with Crippen LogP contribution < -0.4 is 15.5 Å². The van der Waals surface area contributed by atoms with Crippen LogP contribution in [-0.4, -0.2) is 0 Å². The molecule has 0 radical (unpaired) electrons. The largest absolute Gasteiger partial charge is 0.608 e. The van der Waals surface area contributed by atoms with Crippen LogP contribution in [0.2, 0.25) is 0 Å². The van der Waals surface area contributed by atoms with Crippen molar-refractivity contribution in [3.8, 4) is 0 Å². The van der Waals surface area contributed by atoms with E-state index in [9.17, 15) is 5.11 Å². The Labute approximate surface area is 83.9 Å². The lowest BCUT2D eigenvalue weighted by molar-refractivity contribution is -0.290. The Morgan fingerprint density at radius 3 is 2.80 bits per heavy atom. The van der Waals surface area contributed by atoms with E-state index in [2.05, 4.69) is 20.7 Å². The molecule has 6 heteroatoms. The van der Waals surface area contributed by atoms with Gasteiger partial charge in [-0.05, 0) is 22.1 Å². The predicted molar refractivity (Wildman–Crippen MR) is 47.0 cm³/mol. The number of hydrogen-bond acceptors (Lipinski definition) is 6. The molecular weight excluding hydrogens is 196 g/mol. The fourth-order valence-electron chi connectivity index (χ4n) is 1.53. The van der Waals surface area contributed by atoms with Crippen molar-refractivity contribution in [2.45, 2.75) is 6.61 Å². The van der Waals surface area contributed by atoms with Crippen LogP contribution in [0.5, 0.6) is 0 Å². The van der Waals surface area contributed by atoms with Crippen LogP contribution in [0.25, 0.3) is 11.8 Å². The lowest BCUT2D eigenvalue weighted by atomic mass is 10.1. The third-order valence-electron chi connectivity index (χ3n) is 2.26. The van der Waals surface area contributed by atoms with Crippen molar-refractivity contribution < 1.29 is 9.84 Å². The molecule has 3 rings (SSSR count). The van der Waals surface area contributed by atoms with E-state index in [1.807, 2.05) is 6.07 Å². The van der Waals surface area contributed by atoms with Gasteiger partial charge >= 0.3 is 0 Å². The quantitative estimate of drug-likeness (QED) is 0.569. The highest BCUT2D eigenvalue weighted by atomic mass is 16.6. The van der Waals surface area contributed by atoms with E-state index in [-0.39, 0.29) is 5.95 Å². The zero-order valence-corrected chi connectivity index (χ0v) is 7.54. The average molecular weight is 201 g/mol. The maximum Gasteiger partial charge on any atom is 0.207 e. The Morgan fingerprint density at radius 1 is 1.20 bits per heavy atom. The van der Waals surface area contributed by atoms with E-state index >= 15 is 0 Å². The van der Waals surface area contributed by atoms with E-state index in [0.29, 0.717) is 17.6 Å². The van der Waals surface area contributed by atoms with Gasteiger partial charge < -0.3 is 9.84 Å². The number of benzene rings is 1. The van der Waals surface area contributed by atoms with Gasteiger partial charge in [0.1, 0.15) is 0 Å². The van der Waals surface area contributed by atoms with Gasteiger partial charge in [0.25, 0.3) is 0 Å². The molecule has 0 spiro atoms. The molecule has 0 unspecified atom stereocenters. The molecule has 0 atom stereocenters. The fraction of sp³-hybridized carbons (Fsp3) is 0.111. The second-order valence-electron chi connectivity index (χ2n) is 3.15. The maximum absolute atomic E-state index is 11.2. The minimum Gasteiger partial charge on any atom is -0.608 e. The summed E-state index contributed by atoms with van der Waals surface area (Å²) >= 11 is 0. The Kier molecular flexibility index (Phi) is 1.55. The molecule has 6 nitrogen and oxygen atoms in total. The van der Waals surface area contributed by atoms with Crippen molar-refractivity contribution in [2.75, 3.05) is 0 Å². The number of fused-ring (bicyclic) bond motifs is 1. The van der Waals surface area contributed by atoms with E-state index in [4.69, 9.17) is 4.74 Å². The van der Waals surface area contributed by atoms with Crippen molar-refractivity contribution in [3.63, 3.8) is 0 Å². The minimum absolute atomic E-state index is 0.281. The molecule has 0 amide bonds. The molecule has 0 saturated heterocycles. The zero-order valence-electron chi connectivity index (χ0n) is 7.54. The SMILES string of the molecule is [O-]C1=c2ccc(=C3N=NN=N3)cc2CO1. The summed E-state index contributed by atoms with van der Waals surface area (Å²) in [7, 11) is 0. The molecule has 0 aromatic heterocycles. The number of ether oxygens (including phenoxy) is 1. The first-order valence-electron chi connectivity index (χ1n) is 4.34. The molecule has 0 saturated carbocycles. The number of nitrogens with zero attached hydrogens (tertiary/aromatic N) is 4. The first kappa shape index (κ1) is 8.10. The third kappa shape index (κ3) is 1.18. The highest BCUT2D eigenvalue weighted by Gasteiger charge is 2.05. The molecular formula is C9H5N4O2-. The fourth-order valence-corrected chi connectivity index (χ4v) is 1.53. The summed E-state index contributed by atoms with van der Waals surface area (Å²) in [6.07, 6.45) is 0. The minimum atomic E-state index is -0.281. The zero-order chi connectivity index (χ0) is 10.3. The van der Waals surface area contributed by atoms with E-state index < -0.39 is 0 Å². The summed E-state index contributed by atoms with van der Waals surface area (Å²) in [5.41, 5.74) is 0.849. The van der Waals surface area contributed by atoms with Crippen LogP contribution in [0.4, 0.5) is 0 Å². The topological polar surface area (TPSA) is 81.7 Å². The molecule has 15 heavy (non-hydrogen) atoms. The van der Waals surface area contributed by atoms with Crippen LogP contribution in [0.3, 0.4) is 0 Å². The van der Waals surface area contributed by atoms with Crippen LogP contribution in [-0.2, 0) is 11.3 Å². The molecule has 74 valence electrons. The normalized spacial score (nSPS) is 17.1. The number of hydrogen-bond donors (Lipinski definition) is 0. The van der Waals surface area contributed by atoms with Crippen molar-refractivity contribution >= 4 is 11.8 Å². The van der Waals surface area contributed by atoms with Gasteiger partial charge in [-0.2, -0.15) is 0 Å². The first-order valence-corrected chi connectivity index (χ1v) is 4.34. The monoisotopic (exact) mass is 201 g/mol. The Balaban J connectivity index is 2.29. The van der Waals surface area contributed by atoms with Gasteiger partial charge in [0.2, 0.25) is 5.82 Å². The summed E-state index contributed by atoms with van der Waals surface area (Å²) in [4.78, 5) is 0. The first-order chi connectivity index (χ1) is 7.34. The third-order valence-corrected chi connectivity index (χ3v) is 2.26. The predicted octanol–water partition coefficient (Wildman–Crippen LogP) is -0.459. The van der Waals surface area contributed by atoms with Crippen LogP contribution in [0.1, 0.15) is 5.56 Å². The average Bonchev–Trinajstić information content (AvgIpc) is 2.88. The molecule has 2 aliphatic heterocycles. The lowest BCUT2D eigenvalue weighted by Crippen LogP contribution is -2.17. The molecule has 0 bridgehead atoms. The standard InChI is InChI=1S/C9H6N4O2/c14-9-7-2-1-5(3-6(7)4-15-9)8-10-12-13-11-8/h1-3,14H,4H2/p-1. The highest BCUT2D eigenvalue weighted by molar-refractivity contribution is 5.44.